The van der Waals surface area contributed by atoms with Crippen LogP contribution in [0.15, 0.2) is 18.2 Å². The van der Waals surface area contributed by atoms with Gasteiger partial charge in [-0.3, -0.25) is 0 Å². The van der Waals surface area contributed by atoms with Gasteiger partial charge in [-0.1, -0.05) is 31.5 Å². The third-order valence-electron chi connectivity index (χ3n) is 4.37. The van der Waals surface area contributed by atoms with Crippen LogP contribution in [0.4, 0.5) is 0 Å². The number of hydrogen-bond donors (Lipinski definition) is 1. The molecule has 0 bridgehead atoms. The van der Waals surface area contributed by atoms with E-state index < -0.39 is 0 Å². The molecule has 0 spiro atoms. The number of nitrogens with two attached hydrogens (primary N) is 1. The quantitative estimate of drug-likeness (QED) is 0.712. The van der Waals surface area contributed by atoms with Gasteiger partial charge in [0.1, 0.15) is 5.75 Å². The third-order valence-corrected chi connectivity index (χ3v) is 4.37. The first-order valence-electron chi connectivity index (χ1n) is 7.47. The van der Waals surface area contributed by atoms with E-state index in [0.717, 1.165) is 44.6 Å². The van der Waals surface area contributed by atoms with Crippen molar-refractivity contribution in [2.24, 2.45) is 11.1 Å². The average Bonchev–Trinajstić information content (AvgIpc) is 2.42. The fourth-order valence-corrected chi connectivity index (χ4v) is 2.58. The van der Waals surface area contributed by atoms with E-state index in [1.165, 1.54) is 11.1 Å². The summed E-state index contributed by atoms with van der Waals surface area (Å²) < 4.78 is 5.88. The molecule has 108 valence electrons. The van der Waals surface area contributed by atoms with Crippen LogP contribution in [0, 0.1) is 19.3 Å². The van der Waals surface area contributed by atoms with Gasteiger partial charge >= 0.3 is 0 Å². The number of rotatable bonds is 8. The monoisotopic (exact) mass is 263 g/mol. The molecule has 0 aliphatic heterocycles. The summed E-state index contributed by atoms with van der Waals surface area (Å²) in [7, 11) is 0. The zero-order valence-corrected chi connectivity index (χ0v) is 13.0. The molecule has 1 aromatic rings. The third kappa shape index (κ3) is 4.54. The molecule has 0 atom stereocenters. The van der Waals surface area contributed by atoms with E-state index in [0.29, 0.717) is 5.41 Å². The highest BCUT2D eigenvalue weighted by molar-refractivity contribution is 5.35. The first-order chi connectivity index (χ1) is 9.06. The van der Waals surface area contributed by atoms with Crippen LogP contribution in [-0.2, 0) is 0 Å². The lowest BCUT2D eigenvalue weighted by atomic mass is 9.78. The molecular formula is C17H29NO. The zero-order chi connectivity index (χ0) is 14.3. The Bertz CT molecular complexity index is 375. The van der Waals surface area contributed by atoms with Crippen molar-refractivity contribution in [2.75, 3.05) is 13.2 Å². The SMILES string of the molecule is CCC(CC)(CN)CCCOc1ccc(C)cc1C. The molecule has 0 radical (unpaired) electrons. The smallest absolute Gasteiger partial charge is 0.122 e. The van der Waals surface area contributed by atoms with Gasteiger partial charge in [-0.15, -0.1) is 0 Å². The summed E-state index contributed by atoms with van der Waals surface area (Å²) in [5, 5.41) is 0. The maximum Gasteiger partial charge on any atom is 0.122 e. The minimum atomic E-state index is 0.311. The number of benzene rings is 1. The Balaban J connectivity index is 2.42. The van der Waals surface area contributed by atoms with Crippen molar-refractivity contribution in [1.29, 1.82) is 0 Å². The van der Waals surface area contributed by atoms with Crippen LogP contribution in [0.1, 0.15) is 50.7 Å². The van der Waals surface area contributed by atoms with E-state index in [4.69, 9.17) is 10.5 Å². The highest BCUT2D eigenvalue weighted by Crippen LogP contribution is 2.30. The summed E-state index contributed by atoms with van der Waals surface area (Å²) in [5.74, 6) is 1.01. The van der Waals surface area contributed by atoms with Crippen LogP contribution in [0.25, 0.3) is 0 Å². The normalized spacial score (nSPS) is 11.6. The molecule has 1 aromatic carbocycles. The first-order valence-corrected chi connectivity index (χ1v) is 7.47. The predicted molar refractivity (Wildman–Crippen MR) is 82.7 cm³/mol. The Morgan fingerprint density at radius 3 is 2.37 bits per heavy atom. The highest BCUT2D eigenvalue weighted by atomic mass is 16.5. The van der Waals surface area contributed by atoms with Gasteiger partial charge in [-0.25, -0.2) is 0 Å². The van der Waals surface area contributed by atoms with Crippen molar-refractivity contribution in [3.05, 3.63) is 29.3 Å². The van der Waals surface area contributed by atoms with E-state index in [9.17, 15) is 0 Å². The van der Waals surface area contributed by atoms with Crippen LogP contribution in [0.2, 0.25) is 0 Å². The van der Waals surface area contributed by atoms with Gasteiger partial charge in [0.2, 0.25) is 0 Å². The lowest BCUT2D eigenvalue weighted by Crippen LogP contribution is -2.29. The molecule has 2 nitrogen and oxygen atoms in total. The topological polar surface area (TPSA) is 35.2 Å². The second-order valence-electron chi connectivity index (χ2n) is 5.63. The highest BCUT2D eigenvalue weighted by Gasteiger charge is 2.23. The van der Waals surface area contributed by atoms with E-state index >= 15 is 0 Å². The molecular weight excluding hydrogens is 234 g/mol. The van der Waals surface area contributed by atoms with Crippen molar-refractivity contribution in [3.63, 3.8) is 0 Å². The largest absolute Gasteiger partial charge is 0.493 e. The van der Waals surface area contributed by atoms with Gasteiger partial charge in [0.05, 0.1) is 6.61 Å². The summed E-state index contributed by atoms with van der Waals surface area (Å²) in [6.07, 6.45) is 4.54. The summed E-state index contributed by atoms with van der Waals surface area (Å²) >= 11 is 0. The van der Waals surface area contributed by atoms with Gasteiger partial charge < -0.3 is 10.5 Å². The van der Waals surface area contributed by atoms with Crippen LogP contribution in [0.3, 0.4) is 0 Å². The van der Waals surface area contributed by atoms with Crippen molar-refractivity contribution in [1.82, 2.24) is 0 Å². The minimum absolute atomic E-state index is 0.311. The average molecular weight is 263 g/mol. The molecule has 0 amide bonds. The molecule has 0 saturated carbocycles. The molecule has 0 heterocycles. The molecule has 0 saturated heterocycles. The van der Waals surface area contributed by atoms with Crippen molar-refractivity contribution < 1.29 is 4.74 Å². The number of aryl methyl sites for hydroxylation is 2. The first kappa shape index (κ1) is 16.0. The molecule has 0 aliphatic rings. The standard InChI is InChI=1S/C17H29NO/c1-5-17(6-2,13-18)10-7-11-19-16-9-8-14(3)12-15(16)4/h8-9,12H,5-7,10-11,13,18H2,1-4H3. The van der Waals surface area contributed by atoms with Crippen molar-refractivity contribution in [3.8, 4) is 5.75 Å². The fraction of sp³-hybridized carbons (Fsp3) is 0.647. The van der Waals surface area contributed by atoms with Crippen LogP contribution >= 0.6 is 0 Å². The van der Waals surface area contributed by atoms with E-state index in [2.05, 4.69) is 45.9 Å². The summed E-state index contributed by atoms with van der Waals surface area (Å²) in [6.45, 7) is 10.2. The fourth-order valence-electron chi connectivity index (χ4n) is 2.58. The molecule has 1 rings (SSSR count). The van der Waals surface area contributed by atoms with Gasteiger partial charge in [-0.05, 0) is 63.1 Å². The maximum atomic E-state index is 5.92. The molecule has 2 heteroatoms. The minimum Gasteiger partial charge on any atom is -0.493 e. The second-order valence-corrected chi connectivity index (χ2v) is 5.63. The molecule has 19 heavy (non-hydrogen) atoms. The van der Waals surface area contributed by atoms with Crippen LogP contribution in [0.5, 0.6) is 5.75 Å². The van der Waals surface area contributed by atoms with Crippen LogP contribution < -0.4 is 10.5 Å². The van der Waals surface area contributed by atoms with Crippen molar-refractivity contribution >= 4 is 0 Å². The van der Waals surface area contributed by atoms with Gasteiger partial charge in [0, 0.05) is 0 Å². The van der Waals surface area contributed by atoms with Crippen LogP contribution in [-0.4, -0.2) is 13.2 Å². The molecule has 0 aromatic heterocycles. The summed E-state index contributed by atoms with van der Waals surface area (Å²) in [4.78, 5) is 0. The molecule has 0 unspecified atom stereocenters. The van der Waals surface area contributed by atoms with Gasteiger partial charge in [-0.2, -0.15) is 0 Å². The summed E-state index contributed by atoms with van der Waals surface area (Å²) in [6, 6.07) is 6.34. The molecule has 0 aliphatic carbocycles. The lowest BCUT2D eigenvalue weighted by Gasteiger charge is -2.30. The van der Waals surface area contributed by atoms with Gasteiger partial charge in [0.25, 0.3) is 0 Å². The Morgan fingerprint density at radius 1 is 1.16 bits per heavy atom. The van der Waals surface area contributed by atoms with E-state index in [1.54, 1.807) is 0 Å². The number of hydrogen-bond acceptors (Lipinski definition) is 2. The molecule has 2 N–H and O–H groups in total. The predicted octanol–water partition coefficient (Wildman–Crippen LogP) is 4.23. The summed E-state index contributed by atoms with van der Waals surface area (Å²) in [5.41, 5.74) is 8.73. The molecule has 0 fully saturated rings. The maximum absolute atomic E-state index is 5.92. The second kappa shape index (κ2) is 7.54. The van der Waals surface area contributed by atoms with Crippen molar-refractivity contribution in [2.45, 2.75) is 53.4 Å². The Kier molecular flexibility index (Phi) is 6.36. The zero-order valence-electron chi connectivity index (χ0n) is 13.0. The Labute approximate surface area is 118 Å². The van der Waals surface area contributed by atoms with E-state index in [1.807, 2.05) is 0 Å². The Morgan fingerprint density at radius 2 is 1.84 bits per heavy atom. The Hall–Kier alpha value is -1.02. The number of ether oxygens (including phenoxy) is 1. The van der Waals surface area contributed by atoms with E-state index in [-0.39, 0.29) is 0 Å². The van der Waals surface area contributed by atoms with Gasteiger partial charge in [0.15, 0.2) is 0 Å². The lowest BCUT2D eigenvalue weighted by molar-refractivity contribution is 0.213.